The van der Waals surface area contributed by atoms with Gasteiger partial charge in [-0.3, -0.25) is 4.79 Å². The van der Waals surface area contributed by atoms with E-state index in [1.165, 1.54) is 22.5 Å². The molecule has 0 atom stereocenters. The van der Waals surface area contributed by atoms with Crippen LogP contribution in [0.5, 0.6) is 0 Å². The Labute approximate surface area is 133 Å². The molecule has 0 heterocycles. The van der Waals surface area contributed by atoms with Crippen LogP contribution in [-0.2, 0) is 19.6 Å². The number of esters is 1. The number of hydrogen-bond acceptors (Lipinski definition) is 4. The first-order valence-corrected chi connectivity index (χ1v) is 8.68. The number of sulfonamides is 1. The maximum absolute atomic E-state index is 12.6. The van der Waals surface area contributed by atoms with E-state index in [0.717, 1.165) is 12.8 Å². The zero-order valence-corrected chi connectivity index (χ0v) is 13.7. The summed E-state index contributed by atoms with van der Waals surface area (Å²) in [4.78, 5) is 11.6. The number of hydrogen-bond donors (Lipinski definition) is 0. The van der Waals surface area contributed by atoms with Gasteiger partial charge in [0.1, 0.15) is 6.54 Å². The molecule has 1 fully saturated rings. The highest BCUT2D eigenvalue weighted by Crippen LogP contribution is 2.33. The lowest BCUT2D eigenvalue weighted by Crippen LogP contribution is -2.38. The maximum Gasteiger partial charge on any atom is 0.321 e. The van der Waals surface area contributed by atoms with Crippen molar-refractivity contribution in [3.63, 3.8) is 0 Å². The van der Waals surface area contributed by atoms with Crippen LogP contribution in [0.1, 0.15) is 19.8 Å². The monoisotopic (exact) mass is 351 g/mol. The lowest BCUT2D eigenvalue weighted by atomic mass is 10.4. The standard InChI is InChI=1S/C13H15Cl2NO4S/c1-2-20-13(17)8-16(9-3-4-9)21(18,19)10-5-6-11(14)12(15)7-10/h5-7,9H,2-4,8H2,1H3. The fourth-order valence-electron chi connectivity index (χ4n) is 1.88. The van der Waals surface area contributed by atoms with Crippen molar-refractivity contribution < 1.29 is 17.9 Å². The van der Waals surface area contributed by atoms with Crippen molar-refractivity contribution in [2.45, 2.75) is 30.7 Å². The van der Waals surface area contributed by atoms with Gasteiger partial charge >= 0.3 is 5.97 Å². The van der Waals surface area contributed by atoms with Crippen molar-refractivity contribution in [3.8, 4) is 0 Å². The molecule has 21 heavy (non-hydrogen) atoms. The van der Waals surface area contributed by atoms with E-state index in [0.29, 0.717) is 0 Å². The molecule has 0 radical (unpaired) electrons. The Morgan fingerprint density at radius 1 is 1.33 bits per heavy atom. The van der Waals surface area contributed by atoms with Gasteiger partial charge in [0.25, 0.3) is 0 Å². The molecule has 0 aromatic heterocycles. The van der Waals surface area contributed by atoms with Gasteiger partial charge in [0.2, 0.25) is 10.0 Å². The van der Waals surface area contributed by atoms with Gasteiger partial charge in [-0.1, -0.05) is 23.2 Å². The van der Waals surface area contributed by atoms with Crippen molar-refractivity contribution >= 4 is 39.2 Å². The second kappa shape index (κ2) is 6.52. The average molecular weight is 352 g/mol. The van der Waals surface area contributed by atoms with Crippen LogP contribution in [0.4, 0.5) is 0 Å². The van der Waals surface area contributed by atoms with Crippen molar-refractivity contribution in [1.29, 1.82) is 0 Å². The van der Waals surface area contributed by atoms with Crippen molar-refractivity contribution in [2.24, 2.45) is 0 Å². The van der Waals surface area contributed by atoms with Crippen LogP contribution in [-0.4, -0.2) is 37.9 Å². The average Bonchev–Trinajstić information content (AvgIpc) is 3.23. The lowest BCUT2D eigenvalue weighted by molar-refractivity contribution is -0.143. The third-order valence-corrected chi connectivity index (χ3v) is 5.68. The van der Waals surface area contributed by atoms with E-state index in [9.17, 15) is 13.2 Å². The molecule has 0 bridgehead atoms. The minimum Gasteiger partial charge on any atom is -0.465 e. The number of carbonyl (C=O) groups is 1. The number of ether oxygens (including phenoxy) is 1. The lowest BCUT2D eigenvalue weighted by Gasteiger charge is -2.21. The van der Waals surface area contributed by atoms with Crippen LogP contribution < -0.4 is 0 Å². The van der Waals surface area contributed by atoms with Crippen molar-refractivity contribution in [3.05, 3.63) is 28.2 Å². The third kappa shape index (κ3) is 3.88. The minimum atomic E-state index is -3.80. The molecular formula is C13H15Cl2NO4S. The Kier molecular flexibility index (Phi) is 5.14. The highest BCUT2D eigenvalue weighted by atomic mass is 35.5. The summed E-state index contributed by atoms with van der Waals surface area (Å²) in [6.45, 7) is 1.60. The zero-order chi connectivity index (χ0) is 15.6. The van der Waals surface area contributed by atoms with Crippen LogP contribution >= 0.6 is 23.2 Å². The molecule has 8 heteroatoms. The predicted octanol–water partition coefficient (Wildman–Crippen LogP) is 2.71. The summed E-state index contributed by atoms with van der Waals surface area (Å²) in [5.74, 6) is -0.562. The first kappa shape index (κ1) is 16.5. The number of halogens is 2. The molecule has 5 nitrogen and oxygen atoms in total. The van der Waals surface area contributed by atoms with Gasteiger partial charge in [0, 0.05) is 6.04 Å². The molecule has 116 valence electrons. The molecule has 1 aliphatic rings. The van der Waals surface area contributed by atoms with E-state index >= 15 is 0 Å². The molecule has 1 saturated carbocycles. The Bertz CT molecular complexity index is 644. The Balaban J connectivity index is 2.29. The topological polar surface area (TPSA) is 63.7 Å². The second-order valence-corrected chi connectivity index (χ2v) is 7.37. The number of rotatable bonds is 6. The first-order valence-electron chi connectivity index (χ1n) is 6.48. The molecule has 1 aromatic rings. The molecule has 0 N–H and O–H groups in total. The Morgan fingerprint density at radius 3 is 2.52 bits per heavy atom. The Morgan fingerprint density at radius 2 is 2.00 bits per heavy atom. The summed E-state index contributed by atoms with van der Waals surface area (Å²) in [6.07, 6.45) is 1.47. The molecule has 0 amide bonds. The predicted molar refractivity (Wildman–Crippen MR) is 80.0 cm³/mol. The number of benzene rings is 1. The summed E-state index contributed by atoms with van der Waals surface area (Å²) in [6, 6.07) is 3.93. The van der Waals surface area contributed by atoms with Crippen LogP contribution in [0.3, 0.4) is 0 Å². The highest BCUT2D eigenvalue weighted by molar-refractivity contribution is 7.89. The number of nitrogens with zero attached hydrogens (tertiary/aromatic N) is 1. The largest absolute Gasteiger partial charge is 0.465 e. The molecule has 2 rings (SSSR count). The van der Waals surface area contributed by atoms with Crippen LogP contribution in [0, 0.1) is 0 Å². The van der Waals surface area contributed by atoms with Gasteiger partial charge < -0.3 is 4.74 Å². The maximum atomic E-state index is 12.6. The van der Waals surface area contributed by atoms with Gasteiger partial charge in [-0.2, -0.15) is 4.31 Å². The molecule has 1 aromatic carbocycles. The summed E-state index contributed by atoms with van der Waals surface area (Å²) < 4.78 is 31.3. The van der Waals surface area contributed by atoms with Crippen molar-refractivity contribution in [2.75, 3.05) is 13.2 Å². The first-order chi connectivity index (χ1) is 9.86. The molecule has 0 unspecified atom stereocenters. The number of carbonyl (C=O) groups excluding carboxylic acids is 1. The summed E-state index contributed by atoms with van der Waals surface area (Å²) in [7, 11) is -3.80. The summed E-state index contributed by atoms with van der Waals surface area (Å²) in [5, 5.41) is 0.434. The van der Waals surface area contributed by atoms with Gasteiger partial charge in [-0.05, 0) is 38.0 Å². The van der Waals surface area contributed by atoms with Crippen LogP contribution in [0.15, 0.2) is 23.1 Å². The zero-order valence-electron chi connectivity index (χ0n) is 11.4. The molecule has 0 saturated heterocycles. The summed E-state index contributed by atoms with van der Waals surface area (Å²) >= 11 is 11.7. The molecule has 0 aliphatic heterocycles. The van der Waals surface area contributed by atoms with Gasteiger partial charge in [-0.25, -0.2) is 8.42 Å². The SMILES string of the molecule is CCOC(=O)CN(C1CC1)S(=O)(=O)c1ccc(Cl)c(Cl)c1. The minimum absolute atomic E-state index is 0.0214. The van der Waals surface area contributed by atoms with E-state index in [1.54, 1.807) is 6.92 Å². The second-order valence-electron chi connectivity index (χ2n) is 4.66. The van der Waals surface area contributed by atoms with E-state index in [-0.39, 0.29) is 34.1 Å². The van der Waals surface area contributed by atoms with E-state index in [4.69, 9.17) is 27.9 Å². The highest BCUT2D eigenvalue weighted by Gasteiger charge is 2.39. The third-order valence-electron chi connectivity index (χ3n) is 3.04. The fourth-order valence-corrected chi connectivity index (χ4v) is 3.90. The van der Waals surface area contributed by atoms with E-state index in [2.05, 4.69) is 0 Å². The van der Waals surface area contributed by atoms with Crippen molar-refractivity contribution in [1.82, 2.24) is 4.31 Å². The summed E-state index contributed by atoms with van der Waals surface area (Å²) in [5.41, 5.74) is 0. The van der Waals surface area contributed by atoms with Gasteiger partial charge in [-0.15, -0.1) is 0 Å². The molecule has 1 aliphatic carbocycles. The smallest absolute Gasteiger partial charge is 0.321 e. The van der Waals surface area contributed by atoms with Crippen LogP contribution in [0.25, 0.3) is 0 Å². The van der Waals surface area contributed by atoms with Gasteiger partial charge in [0.15, 0.2) is 0 Å². The van der Waals surface area contributed by atoms with E-state index < -0.39 is 16.0 Å². The Hall–Kier alpha value is -0.820. The van der Waals surface area contributed by atoms with E-state index in [1.807, 2.05) is 0 Å². The van der Waals surface area contributed by atoms with Gasteiger partial charge in [0.05, 0.1) is 21.5 Å². The normalized spacial score (nSPS) is 15.2. The fraction of sp³-hybridized carbons (Fsp3) is 0.462. The molecule has 0 spiro atoms. The molecular weight excluding hydrogens is 337 g/mol. The van der Waals surface area contributed by atoms with Crippen LogP contribution in [0.2, 0.25) is 10.0 Å². The quantitative estimate of drug-likeness (QED) is 0.739.